The molecule has 0 spiro atoms. The van der Waals surface area contributed by atoms with Crippen molar-refractivity contribution in [3.63, 3.8) is 0 Å². The van der Waals surface area contributed by atoms with Crippen LogP contribution in [0.3, 0.4) is 0 Å². The van der Waals surface area contributed by atoms with Crippen LogP contribution in [0.2, 0.25) is 6.04 Å². The second-order valence-corrected chi connectivity index (χ2v) is 10.1. The van der Waals surface area contributed by atoms with Crippen molar-refractivity contribution in [3.8, 4) is 0 Å². The molecule has 0 aliphatic rings. The molecule has 1 aromatic rings. The molecule has 156 valence electrons. The highest BCUT2D eigenvalue weighted by Crippen LogP contribution is 2.28. The van der Waals surface area contributed by atoms with Crippen LogP contribution in [0, 0.1) is 29.1 Å². The van der Waals surface area contributed by atoms with E-state index in [9.17, 15) is 30.4 Å². The van der Waals surface area contributed by atoms with Crippen LogP contribution in [0.1, 0.15) is 27.2 Å². The maximum absolute atomic E-state index is 13.8. The topological polar surface area (TPSA) is 61.8 Å². The van der Waals surface area contributed by atoms with Gasteiger partial charge >= 0.3 is 8.80 Å². The molecule has 0 saturated heterocycles. The molecule has 0 saturated carbocycles. The lowest BCUT2D eigenvalue weighted by atomic mass is 10.3. The predicted molar refractivity (Wildman–Crippen MR) is 88.3 cm³/mol. The van der Waals surface area contributed by atoms with Crippen LogP contribution < -0.4 is 0 Å². The van der Waals surface area contributed by atoms with Gasteiger partial charge in [0.1, 0.15) is 4.90 Å². The maximum atomic E-state index is 13.8. The fourth-order valence-electron chi connectivity index (χ4n) is 2.44. The van der Waals surface area contributed by atoms with Gasteiger partial charge in [0.15, 0.2) is 33.1 Å². The molecule has 1 aromatic carbocycles. The summed E-state index contributed by atoms with van der Waals surface area (Å²) in [5.74, 6) is -12.7. The van der Waals surface area contributed by atoms with E-state index in [1.54, 1.807) is 20.8 Å². The molecule has 0 unspecified atom stereocenters. The first-order chi connectivity index (χ1) is 12.6. The van der Waals surface area contributed by atoms with Gasteiger partial charge in [-0.2, -0.15) is 0 Å². The summed E-state index contributed by atoms with van der Waals surface area (Å²) in [6.45, 7) is 5.76. The molecule has 0 bridgehead atoms. The zero-order chi connectivity index (χ0) is 20.8. The second kappa shape index (κ2) is 9.91. The van der Waals surface area contributed by atoms with Gasteiger partial charge in [0.2, 0.25) is 5.82 Å². The number of halogens is 5. The average molecular weight is 436 g/mol. The maximum Gasteiger partial charge on any atom is 0.500 e. The van der Waals surface area contributed by atoms with Gasteiger partial charge in [-0.1, -0.05) is 0 Å². The van der Waals surface area contributed by atoms with Crippen molar-refractivity contribution >= 4 is 18.6 Å². The van der Waals surface area contributed by atoms with Crippen molar-refractivity contribution in [2.24, 2.45) is 0 Å². The summed E-state index contributed by atoms with van der Waals surface area (Å²) in [7, 11) is -8.01. The van der Waals surface area contributed by atoms with Crippen LogP contribution in [-0.2, 0) is 23.1 Å². The molecule has 0 aliphatic heterocycles. The lowest BCUT2D eigenvalue weighted by Gasteiger charge is -2.28. The molecular weight excluding hydrogens is 415 g/mol. The molecule has 0 fully saturated rings. The van der Waals surface area contributed by atoms with Crippen molar-refractivity contribution < 1.29 is 43.6 Å². The summed E-state index contributed by atoms with van der Waals surface area (Å²) in [4.78, 5) is -1.84. The first-order valence-corrected chi connectivity index (χ1v) is 11.8. The lowest BCUT2D eigenvalue weighted by molar-refractivity contribution is 0.0712. The van der Waals surface area contributed by atoms with Crippen LogP contribution in [-0.4, -0.2) is 42.8 Å². The molecule has 27 heavy (non-hydrogen) atoms. The molecule has 0 radical (unpaired) electrons. The monoisotopic (exact) mass is 436 g/mol. The molecular formula is C15H21F5O5SSi. The van der Waals surface area contributed by atoms with E-state index in [0.717, 1.165) is 0 Å². The molecule has 5 nitrogen and oxygen atoms in total. The lowest BCUT2D eigenvalue weighted by Crippen LogP contribution is -2.46. The van der Waals surface area contributed by atoms with Crippen molar-refractivity contribution in [1.29, 1.82) is 0 Å². The normalized spacial score (nSPS) is 12.6. The highest BCUT2D eigenvalue weighted by Gasteiger charge is 2.41. The predicted octanol–water partition coefficient (Wildman–Crippen LogP) is 3.59. The van der Waals surface area contributed by atoms with Crippen molar-refractivity contribution in [2.45, 2.75) is 38.1 Å². The van der Waals surface area contributed by atoms with Crippen molar-refractivity contribution in [2.75, 3.05) is 25.6 Å². The van der Waals surface area contributed by atoms with Gasteiger partial charge in [-0.3, -0.25) is 0 Å². The molecule has 12 heteroatoms. The van der Waals surface area contributed by atoms with Crippen molar-refractivity contribution in [1.82, 2.24) is 0 Å². The zero-order valence-electron chi connectivity index (χ0n) is 15.1. The Kier molecular flexibility index (Phi) is 8.80. The number of sulfone groups is 1. The summed E-state index contributed by atoms with van der Waals surface area (Å²) in [5.41, 5.74) is 0. The quantitative estimate of drug-likeness (QED) is 0.174. The van der Waals surface area contributed by atoms with Crippen LogP contribution >= 0.6 is 0 Å². The third kappa shape index (κ3) is 5.47. The third-order valence-electron chi connectivity index (χ3n) is 3.47. The molecule has 0 aromatic heterocycles. The van der Waals surface area contributed by atoms with Gasteiger partial charge in [-0.25, -0.2) is 30.4 Å². The fourth-order valence-corrected chi connectivity index (χ4v) is 6.76. The highest BCUT2D eigenvalue weighted by atomic mass is 32.2. The first-order valence-electron chi connectivity index (χ1n) is 8.22. The van der Waals surface area contributed by atoms with E-state index in [2.05, 4.69) is 0 Å². The molecule has 0 atom stereocenters. The Labute approximate surface area is 155 Å². The number of rotatable bonds is 11. The Morgan fingerprint density at radius 3 is 1.48 bits per heavy atom. The largest absolute Gasteiger partial charge is 0.500 e. The summed E-state index contributed by atoms with van der Waals surface area (Å²) in [6, 6.07) is -0.00283. The minimum absolute atomic E-state index is 0.00283. The number of hydrogen-bond donors (Lipinski definition) is 0. The van der Waals surface area contributed by atoms with Gasteiger partial charge < -0.3 is 13.3 Å². The van der Waals surface area contributed by atoms with Gasteiger partial charge in [0, 0.05) is 25.9 Å². The van der Waals surface area contributed by atoms with E-state index in [0.29, 0.717) is 0 Å². The van der Waals surface area contributed by atoms with E-state index >= 15 is 0 Å². The third-order valence-corrected chi connectivity index (χ3v) is 8.43. The molecule has 0 aliphatic carbocycles. The van der Waals surface area contributed by atoms with Gasteiger partial charge in [-0.05, 0) is 27.2 Å². The first kappa shape index (κ1) is 24.0. The van der Waals surface area contributed by atoms with E-state index in [-0.39, 0.29) is 32.3 Å². The van der Waals surface area contributed by atoms with E-state index in [1.807, 2.05) is 0 Å². The number of benzene rings is 1. The van der Waals surface area contributed by atoms with E-state index in [1.165, 1.54) is 0 Å². The minimum atomic E-state index is -4.79. The Bertz CT molecular complexity index is 713. The Hall–Kier alpha value is -1.08. The van der Waals surface area contributed by atoms with Crippen LogP contribution in [0.4, 0.5) is 22.0 Å². The Morgan fingerprint density at radius 1 is 0.741 bits per heavy atom. The van der Waals surface area contributed by atoms with Gasteiger partial charge in [0.25, 0.3) is 0 Å². The SMILES string of the molecule is CCO[Si](CCCS(=O)(=O)c1c(F)c(F)c(F)c(F)c1F)(OCC)OCC. The molecule has 1 rings (SSSR count). The molecule has 0 N–H and O–H groups in total. The summed E-state index contributed by atoms with van der Waals surface area (Å²) in [6.07, 6.45) is -0.214. The molecule has 0 heterocycles. The summed E-state index contributed by atoms with van der Waals surface area (Å²) < 4.78 is 108. The molecule has 0 amide bonds. The van der Waals surface area contributed by atoms with Crippen LogP contribution in [0.15, 0.2) is 4.90 Å². The average Bonchev–Trinajstić information content (AvgIpc) is 2.58. The Balaban J connectivity index is 3.09. The van der Waals surface area contributed by atoms with Gasteiger partial charge in [-0.15, -0.1) is 0 Å². The Morgan fingerprint density at radius 2 is 1.11 bits per heavy atom. The van der Waals surface area contributed by atoms with E-state index < -0.39 is 58.4 Å². The van der Waals surface area contributed by atoms with Crippen molar-refractivity contribution in [3.05, 3.63) is 29.1 Å². The fraction of sp³-hybridized carbons (Fsp3) is 0.600. The summed E-state index contributed by atoms with van der Waals surface area (Å²) in [5, 5.41) is 0. The van der Waals surface area contributed by atoms with Crippen LogP contribution in [0.25, 0.3) is 0 Å². The van der Waals surface area contributed by atoms with E-state index in [4.69, 9.17) is 13.3 Å². The summed E-state index contributed by atoms with van der Waals surface area (Å²) >= 11 is 0. The minimum Gasteiger partial charge on any atom is -0.374 e. The van der Waals surface area contributed by atoms with Crippen LogP contribution in [0.5, 0.6) is 0 Å². The smallest absolute Gasteiger partial charge is 0.374 e. The zero-order valence-corrected chi connectivity index (χ0v) is 16.9. The second-order valence-electron chi connectivity index (χ2n) is 5.30. The highest BCUT2D eigenvalue weighted by molar-refractivity contribution is 7.91. The van der Waals surface area contributed by atoms with Gasteiger partial charge in [0.05, 0.1) is 5.75 Å². The number of hydrogen-bond acceptors (Lipinski definition) is 5. The standard InChI is InChI=1S/C15H21F5O5SSi/c1-4-23-27(24-5-2,25-6-3)9-7-8-26(21,22)15-13(19)11(17)10(16)12(18)14(15)20/h4-9H2,1-3H3.